The fourth-order valence-corrected chi connectivity index (χ4v) is 9.16. The molecular weight excluding hydrogens is 761 g/mol. The first-order chi connectivity index (χ1) is 25.9. The lowest BCUT2D eigenvalue weighted by molar-refractivity contribution is -0.649. The molecule has 55 heavy (non-hydrogen) atoms. The van der Waals surface area contributed by atoms with Gasteiger partial charge in [-0.2, -0.15) is 0 Å². The number of nitrogens with zero attached hydrogens (tertiary/aromatic N) is 5. The van der Waals surface area contributed by atoms with Crippen molar-refractivity contribution < 1.29 is 54.9 Å². The predicted octanol–water partition coefficient (Wildman–Crippen LogP) is 0.477. The number of carbonyl (C=O) groups excluding carboxylic acids is 2. The highest BCUT2D eigenvalue weighted by molar-refractivity contribution is 8.00. The number of amides is 2. The Morgan fingerprint density at radius 3 is 2.51 bits per heavy atom. The highest BCUT2D eigenvalue weighted by Crippen LogP contribution is 2.45. The van der Waals surface area contributed by atoms with E-state index in [4.69, 9.17) is 10.6 Å². The van der Waals surface area contributed by atoms with E-state index >= 15 is 0 Å². The molecule has 2 aromatic heterocycles. The molecule has 2 aliphatic heterocycles. The number of phenolic OH excluding ortho intramolecular Hbond substituents is 3. The average Bonchev–Trinajstić information content (AvgIpc) is 3.78. The summed E-state index contributed by atoms with van der Waals surface area (Å²) in [6.07, 6.45) is 5.59. The second-order valence-corrected chi connectivity index (χ2v) is 16.7. The van der Waals surface area contributed by atoms with Gasteiger partial charge in [-0.25, -0.2) is 19.6 Å². The Balaban J connectivity index is 1.14. The van der Waals surface area contributed by atoms with Crippen LogP contribution in [-0.2, 0) is 30.6 Å². The molecular formula is C34H41N8O11S2+. The topological polar surface area (TPSA) is 297 Å². The number of aromatic nitrogens is 3. The van der Waals surface area contributed by atoms with Gasteiger partial charge in [-0.1, -0.05) is 18.0 Å². The average molecular weight is 802 g/mol. The first-order valence-corrected chi connectivity index (χ1v) is 19.2. The van der Waals surface area contributed by atoms with Crippen molar-refractivity contribution in [2.45, 2.75) is 81.7 Å². The number of hydrogen-bond donors (Lipinski definition) is 8. The minimum Gasteiger partial charge on any atom is -0.504 e. The summed E-state index contributed by atoms with van der Waals surface area (Å²) < 4.78 is 1.41. The van der Waals surface area contributed by atoms with Crippen LogP contribution in [0.2, 0.25) is 0 Å². The maximum absolute atomic E-state index is 13.5. The van der Waals surface area contributed by atoms with Gasteiger partial charge in [0.2, 0.25) is 11.4 Å². The number of aliphatic carboxylic acids is 2. The standard InChI is InChI=1S/C34H40N8O11S2/c1-15-16(11-36-9-8-34(6-4-5-7-34)13-41-14-37-17-10-19(43)24(44)25(45)20(17)27(41)47)23(30(49)50)42-28(48)22(29(42)55-15)39-26(46)21(18-12-54-32(35)38-18)40-53-33(2,3)31(51)52/h10,12,14-15,22,29,36,43-45H,4-9,11,13H2,1-3H3,(H2,35,38)(H,39,46)(H,49,50)(H,51,52)/p+1/b40-21-/t15-,22+,29+/m0/s1. The van der Waals surface area contributed by atoms with Crippen LogP contribution in [0.5, 0.6) is 17.2 Å². The number of nitrogens with one attached hydrogen (secondary N) is 1. The summed E-state index contributed by atoms with van der Waals surface area (Å²) in [6, 6.07) is -0.0115. The molecule has 3 aliphatic rings. The fourth-order valence-electron chi connectivity index (χ4n) is 7.15. The van der Waals surface area contributed by atoms with Crippen molar-refractivity contribution in [3.8, 4) is 17.2 Å². The number of anilines is 1. The van der Waals surface area contributed by atoms with E-state index in [2.05, 4.69) is 20.4 Å². The number of carboxylic acid groups (broad SMARTS) is 2. The molecule has 2 fully saturated rings. The number of carboxylic acids is 2. The SMILES string of the molecule is C[C@@H]1S[C@@H]2[C@H](NC(=O)/C(=N\OC(C)(C)C(=O)O)c3csc(N)n3)C(=O)N2C(C(=O)O)=C1C[NH2+]CCC1(Cn2cnc3cc(O)c(O)c(O)c3c2=O)CCCC1. The number of oxime groups is 1. The van der Waals surface area contributed by atoms with Crippen molar-refractivity contribution in [1.82, 2.24) is 24.8 Å². The van der Waals surface area contributed by atoms with Crippen LogP contribution >= 0.6 is 23.1 Å². The lowest BCUT2D eigenvalue weighted by Crippen LogP contribution is -2.86. The Morgan fingerprint density at radius 2 is 1.87 bits per heavy atom. The summed E-state index contributed by atoms with van der Waals surface area (Å²) in [5.74, 6) is -6.29. The molecule has 2 amide bonds. The van der Waals surface area contributed by atoms with E-state index in [-0.39, 0.29) is 44.6 Å². The number of hydrogen-bond acceptors (Lipinski definition) is 15. The van der Waals surface area contributed by atoms with Crippen molar-refractivity contribution >= 4 is 68.6 Å². The lowest BCUT2D eigenvalue weighted by atomic mass is 9.82. The molecule has 3 atom stereocenters. The summed E-state index contributed by atoms with van der Waals surface area (Å²) >= 11 is 2.32. The molecule has 294 valence electrons. The number of β-lactam (4-membered cyclic amide) rings is 1. The summed E-state index contributed by atoms with van der Waals surface area (Å²) in [4.78, 5) is 79.1. The maximum atomic E-state index is 13.5. The number of aromatic hydroxyl groups is 3. The Morgan fingerprint density at radius 1 is 1.16 bits per heavy atom. The number of thioether (sulfide) groups is 1. The molecule has 0 bridgehead atoms. The van der Waals surface area contributed by atoms with Crippen LogP contribution in [0.4, 0.5) is 5.13 Å². The van der Waals surface area contributed by atoms with E-state index in [1.54, 1.807) is 0 Å². The molecule has 0 radical (unpaired) electrons. The second kappa shape index (κ2) is 15.0. The van der Waals surface area contributed by atoms with Crippen LogP contribution in [0, 0.1) is 5.41 Å². The number of quaternary nitrogens is 1. The number of phenols is 3. The lowest BCUT2D eigenvalue weighted by Gasteiger charge is -2.50. The zero-order valence-corrected chi connectivity index (χ0v) is 31.6. The van der Waals surface area contributed by atoms with Crippen molar-refractivity contribution in [3.05, 3.63) is 45.1 Å². The number of nitrogen functional groups attached to an aromatic ring is 1. The largest absolute Gasteiger partial charge is 0.504 e. The number of carbonyl (C=O) groups is 4. The highest BCUT2D eigenvalue weighted by atomic mass is 32.2. The molecule has 0 spiro atoms. The minimum absolute atomic E-state index is 0.000431. The van der Waals surface area contributed by atoms with E-state index in [9.17, 15) is 49.5 Å². The van der Waals surface area contributed by atoms with E-state index in [1.165, 1.54) is 41.9 Å². The molecule has 3 aromatic rings. The Kier molecular flexibility index (Phi) is 10.7. The van der Waals surface area contributed by atoms with Gasteiger partial charge in [-0.15, -0.1) is 23.1 Å². The molecule has 19 nitrogen and oxygen atoms in total. The van der Waals surface area contributed by atoms with Gasteiger partial charge in [-0.05, 0) is 39.0 Å². The van der Waals surface area contributed by atoms with Gasteiger partial charge in [0.05, 0.1) is 18.4 Å². The van der Waals surface area contributed by atoms with E-state index < -0.39 is 69.3 Å². The first kappa shape index (κ1) is 39.3. The van der Waals surface area contributed by atoms with Gasteiger partial charge < -0.3 is 46.7 Å². The minimum atomic E-state index is -1.80. The van der Waals surface area contributed by atoms with Crippen LogP contribution in [-0.4, -0.2) is 110 Å². The Bertz CT molecular complexity index is 2190. The third kappa shape index (κ3) is 7.50. The van der Waals surface area contributed by atoms with Crippen LogP contribution in [0.3, 0.4) is 0 Å². The van der Waals surface area contributed by atoms with Crippen molar-refractivity contribution in [2.75, 3.05) is 18.8 Å². The predicted molar refractivity (Wildman–Crippen MR) is 198 cm³/mol. The highest BCUT2D eigenvalue weighted by Gasteiger charge is 2.56. The zero-order chi connectivity index (χ0) is 40.0. The van der Waals surface area contributed by atoms with Gasteiger partial charge in [0, 0.05) is 35.2 Å². The molecule has 4 heterocycles. The number of rotatable bonds is 14. The normalized spacial score (nSPS) is 21.0. The van der Waals surface area contributed by atoms with Crippen LogP contribution in [0.15, 0.2) is 39.0 Å². The third-order valence-corrected chi connectivity index (χ3v) is 12.4. The van der Waals surface area contributed by atoms with Crippen LogP contribution in [0.25, 0.3) is 10.9 Å². The van der Waals surface area contributed by atoms with Gasteiger partial charge in [0.15, 0.2) is 22.3 Å². The summed E-state index contributed by atoms with van der Waals surface area (Å²) in [5, 5.41) is 58.5. The number of fused-ring (bicyclic) bond motifs is 2. The van der Waals surface area contributed by atoms with E-state index in [1.807, 2.05) is 12.2 Å². The summed E-state index contributed by atoms with van der Waals surface area (Å²) in [7, 11) is 0. The van der Waals surface area contributed by atoms with E-state index in [0.29, 0.717) is 25.1 Å². The third-order valence-electron chi connectivity index (χ3n) is 10.2. The Labute approximate surface area is 320 Å². The molecule has 0 unspecified atom stereocenters. The molecule has 1 saturated heterocycles. The van der Waals surface area contributed by atoms with Gasteiger partial charge >= 0.3 is 11.9 Å². The second-order valence-electron chi connectivity index (χ2n) is 14.3. The van der Waals surface area contributed by atoms with E-state index in [0.717, 1.165) is 48.0 Å². The molecule has 1 aromatic carbocycles. The van der Waals surface area contributed by atoms with Crippen molar-refractivity contribution in [2.24, 2.45) is 10.6 Å². The molecule has 21 heteroatoms. The van der Waals surface area contributed by atoms with Gasteiger partial charge in [0.25, 0.3) is 17.4 Å². The summed E-state index contributed by atoms with van der Waals surface area (Å²) in [5.41, 5.74) is 3.12. The van der Waals surface area contributed by atoms with Crippen molar-refractivity contribution in [1.29, 1.82) is 0 Å². The molecule has 6 rings (SSSR count). The Hall–Kier alpha value is -5.41. The van der Waals surface area contributed by atoms with Gasteiger partial charge in [0.1, 0.15) is 34.7 Å². The number of benzene rings is 1. The van der Waals surface area contributed by atoms with Crippen LogP contribution in [0.1, 0.15) is 58.6 Å². The monoisotopic (exact) mass is 801 g/mol. The summed E-state index contributed by atoms with van der Waals surface area (Å²) in [6.45, 7) is 5.45. The number of thiazole rings is 1. The molecule has 10 N–H and O–H groups in total. The van der Waals surface area contributed by atoms with Gasteiger partial charge in [-0.3, -0.25) is 23.9 Å². The number of nitrogens with two attached hydrogens (primary N) is 2. The quantitative estimate of drug-likeness (QED) is 0.0362. The fraction of sp³-hybridized carbons (Fsp3) is 0.471. The first-order valence-electron chi connectivity index (χ1n) is 17.4. The molecule has 1 aliphatic carbocycles. The molecule has 1 saturated carbocycles. The maximum Gasteiger partial charge on any atom is 0.352 e. The zero-order valence-electron chi connectivity index (χ0n) is 30.0. The smallest absolute Gasteiger partial charge is 0.352 e. The van der Waals surface area contributed by atoms with Crippen LogP contribution < -0.4 is 21.9 Å². The van der Waals surface area contributed by atoms with Crippen molar-refractivity contribution in [3.63, 3.8) is 0 Å².